The molecule has 47 heavy (non-hydrogen) atoms. The van der Waals surface area contributed by atoms with Gasteiger partial charge < -0.3 is 29.9 Å². The molecular formula is C38H68O9. The summed E-state index contributed by atoms with van der Waals surface area (Å²) in [5.41, 5.74) is 0. The van der Waals surface area contributed by atoms with Gasteiger partial charge in [0, 0.05) is 43.9 Å². The van der Waals surface area contributed by atoms with E-state index < -0.39 is 36.3 Å². The van der Waals surface area contributed by atoms with E-state index in [1.807, 2.05) is 0 Å². The Morgan fingerprint density at radius 2 is 1.21 bits per heavy atom. The highest BCUT2D eigenvalue weighted by Gasteiger charge is 2.41. The van der Waals surface area contributed by atoms with E-state index in [4.69, 9.17) is 9.47 Å². The van der Waals surface area contributed by atoms with Gasteiger partial charge in [0.05, 0.1) is 18.3 Å². The number of carbonyl (C=O) groups is 3. The van der Waals surface area contributed by atoms with Gasteiger partial charge in [0.15, 0.2) is 0 Å². The first kappa shape index (κ1) is 43.2. The number of ketones is 1. The lowest BCUT2D eigenvalue weighted by molar-refractivity contribution is -0.152. The van der Waals surface area contributed by atoms with Crippen molar-refractivity contribution < 1.29 is 44.3 Å². The van der Waals surface area contributed by atoms with Gasteiger partial charge in [0.25, 0.3) is 0 Å². The predicted octanol–water partition coefficient (Wildman–Crippen LogP) is 6.76. The van der Waals surface area contributed by atoms with Crippen LogP contribution in [0.1, 0.15) is 156 Å². The van der Waals surface area contributed by atoms with Gasteiger partial charge in [0.1, 0.15) is 25.1 Å². The Labute approximate surface area is 284 Å². The third-order valence-corrected chi connectivity index (χ3v) is 9.16. The highest BCUT2D eigenvalue weighted by atomic mass is 16.6. The van der Waals surface area contributed by atoms with E-state index in [0.717, 1.165) is 44.4 Å². The number of unbranched alkanes of at least 4 members (excludes halogenated alkanes) is 11. The van der Waals surface area contributed by atoms with Crippen molar-refractivity contribution in [2.45, 2.75) is 180 Å². The summed E-state index contributed by atoms with van der Waals surface area (Å²) >= 11 is 0. The number of Topliss-reactive ketones (excluding diaryl/α,β-unsaturated/α-hetero) is 1. The molecule has 1 aliphatic carbocycles. The number of aliphatic hydroxyl groups excluding tert-OH is 4. The van der Waals surface area contributed by atoms with Crippen LogP contribution in [0, 0.1) is 17.8 Å². The van der Waals surface area contributed by atoms with Crippen LogP contribution in [-0.2, 0) is 23.9 Å². The van der Waals surface area contributed by atoms with Gasteiger partial charge in [0.2, 0.25) is 0 Å². The summed E-state index contributed by atoms with van der Waals surface area (Å²) in [7, 11) is 0. The second-order valence-electron chi connectivity index (χ2n) is 14.1. The monoisotopic (exact) mass is 668 g/mol. The topological polar surface area (TPSA) is 151 Å². The average molecular weight is 669 g/mol. The van der Waals surface area contributed by atoms with Crippen LogP contribution in [0.15, 0.2) is 12.2 Å². The molecule has 0 bridgehead atoms. The largest absolute Gasteiger partial charge is 0.463 e. The van der Waals surface area contributed by atoms with E-state index in [2.05, 4.69) is 20.8 Å². The Morgan fingerprint density at radius 1 is 0.702 bits per heavy atom. The van der Waals surface area contributed by atoms with Crippen molar-refractivity contribution >= 4 is 17.7 Å². The molecule has 9 nitrogen and oxygen atoms in total. The molecule has 0 saturated heterocycles. The molecule has 1 aliphatic rings. The van der Waals surface area contributed by atoms with E-state index in [9.17, 15) is 34.8 Å². The van der Waals surface area contributed by atoms with Crippen LogP contribution in [0.2, 0.25) is 0 Å². The van der Waals surface area contributed by atoms with Gasteiger partial charge in [-0.3, -0.25) is 14.4 Å². The summed E-state index contributed by atoms with van der Waals surface area (Å²) in [6.45, 7) is 6.17. The van der Waals surface area contributed by atoms with Gasteiger partial charge in [-0.25, -0.2) is 0 Å². The molecule has 0 spiro atoms. The lowest BCUT2D eigenvalue weighted by atomic mass is 9.87. The SMILES string of the molecule is CCCCC[C@H](O)/C=C/[C@@H]1[C@@H](CC(=O)CCCCC(=O)OC[C@@H](O)COC(=O)CCCCCCCCCCCC(C)C)[C@@H](O)C[C@H]1O. The summed E-state index contributed by atoms with van der Waals surface area (Å²) in [6.07, 6.45) is 17.7. The number of hydrogen-bond acceptors (Lipinski definition) is 9. The van der Waals surface area contributed by atoms with Crippen LogP contribution in [0.25, 0.3) is 0 Å². The minimum atomic E-state index is -1.09. The summed E-state index contributed by atoms with van der Waals surface area (Å²) < 4.78 is 10.2. The maximum absolute atomic E-state index is 12.6. The molecule has 1 fully saturated rings. The van der Waals surface area contributed by atoms with E-state index in [0.29, 0.717) is 25.7 Å². The number of carbonyl (C=O) groups excluding carboxylic acids is 3. The number of aliphatic hydroxyl groups is 4. The molecule has 0 aromatic heterocycles. The zero-order valence-corrected chi connectivity index (χ0v) is 29.8. The van der Waals surface area contributed by atoms with Gasteiger partial charge in [-0.1, -0.05) is 110 Å². The Kier molecular flexibility index (Phi) is 24.9. The zero-order valence-electron chi connectivity index (χ0n) is 29.8. The fraction of sp³-hybridized carbons (Fsp3) is 0.868. The highest BCUT2D eigenvalue weighted by Crippen LogP contribution is 2.36. The Bertz CT molecular complexity index is 858. The van der Waals surface area contributed by atoms with Crippen molar-refractivity contribution in [3.8, 4) is 0 Å². The van der Waals surface area contributed by atoms with Gasteiger partial charge in [-0.05, 0) is 31.6 Å². The van der Waals surface area contributed by atoms with E-state index in [-0.39, 0.29) is 56.6 Å². The van der Waals surface area contributed by atoms with Crippen LogP contribution in [-0.4, -0.2) is 75.8 Å². The fourth-order valence-corrected chi connectivity index (χ4v) is 6.21. The molecule has 0 aliphatic heterocycles. The van der Waals surface area contributed by atoms with E-state index in [1.54, 1.807) is 12.2 Å². The predicted molar refractivity (Wildman–Crippen MR) is 185 cm³/mol. The molecule has 274 valence electrons. The summed E-state index contributed by atoms with van der Waals surface area (Å²) in [5.74, 6) is -0.881. The fourth-order valence-electron chi connectivity index (χ4n) is 6.21. The first-order valence-corrected chi connectivity index (χ1v) is 18.8. The summed E-state index contributed by atoms with van der Waals surface area (Å²) in [4.78, 5) is 36.6. The van der Waals surface area contributed by atoms with Crippen LogP contribution >= 0.6 is 0 Å². The zero-order chi connectivity index (χ0) is 34.9. The van der Waals surface area contributed by atoms with E-state index >= 15 is 0 Å². The third-order valence-electron chi connectivity index (χ3n) is 9.16. The maximum Gasteiger partial charge on any atom is 0.305 e. The molecule has 4 N–H and O–H groups in total. The lowest BCUT2D eigenvalue weighted by Crippen LogP contribution is -2.25. The van der Waals surface area contributed by atoms with Crippen LogP contribution < -0.4 is 0 Å². The second kappa shape index (κ2) is 27.1. The van der Waals surface area contributed by atoms with Crippen LogP contribution in [0.5, 0.6) is 0 Å². The van der Waals surface area contributed by atoms with Crippen LogP contribution in [0.3, 0.4) is 0 Å². The number of esters is 2. The maximum atomic E-state index is 12.6. The van der Waals surface area contributed by atoms with Crippen molar-refractivity contribution in [1.29, 1.82) is 0 Å². The number of hydrogen-bond donors (Lipinski definition) is 4. The number of ether oxygens (including phenoxy) is 2. The number of rotatable bonds is 29. The molecule has 6 atom stereocenters. The second-order valence-corrected chi connectivity index (χ2v) is 14.1. The smallest absolute Gasteiger partial charge is 0.305 e. The average Bonchev–Trinajstić information content (AvgIpc) is 3.29. The van der Waals surface area contributed by atoms with Crippen molar-refractivity contribution in [3.05, 3.63) is 12.2 Å². The molecule has 0 unspecified atom stereocenters. The third kappa shape index (κ3) is 22.5. The van der Waals surface area contributed by atoms with E-state index in [1.165, 1.54) is 44.9 Å². The van der Waals surface area contributed by atoms with Crippen molar-refractivity contribution in [1.82, 2.24) is 0 Å². The Morgan fingerprint density at radius 3 is 1.79 bits per heavy atom. The molecule has 0 amide bonds. The summed E-state index contributed by atoms with van der Waals surface area (Å²) in [5, 5.41) is 41.0. The molecule has 0 aromatic carbocycles. The molecular weight excluding hydrogens is 600 g/mol. The first-order valence-electron chi connectivity index (χ1n) is 18.8. The molecule has 1 rings (SSSR count). The molecule has 0 aromatic rings. The normalized spacial score (nSPS) is 20.9. The van der Waals surface area contributed by atoms with Gasteiger partial charge in [-0.2, -0.15) is 0 Å². The van der Waals surface area contributed by atoms with Crippen LogP contribution in [0.4, 0.5) is 0 Å². The van der Waals surface area contributed by atoms with Crippen molar-refractivity contribution in [2.24, 2.45) is 17.8 Å². The lowest BCUT2D eigenvalue weighted by Gasteiger charge is -2.20. The molecule has 0 radical (unpaired) electrons. The van der Waals surface area contributed by atoms with Crippen molar-refractivity contribution in [2.75, 3.05) is 13.2 Å². The minimum absolute atomic E-state index is 0.0430. The molecule has 0 heterocycles. The van der Waals surface area contributed by atoms with Crippen molar-refractivity contribution in [3.63, 3.8) is 0 Å². The molecule has 1 saturated carbocycles. The highest BCUT2D eigenvalue weighted by molar-refractivity contribution is 5.79. The quantitative estimate of drug-likeness (QED) is 0.0385. The standard InChI is InChI=1S/C38H68O9/c1-4-5-13-19-30(39)23-24-33-34(36(43)26-35(33)42)25-31(40)20-16-17-22-38(45)47-28-32(41)27-46-37(44)21-15-12-10-8-6-7-9-11-14-18-29(2)3/h23-24,29-30,32-36,39,41-43H,4-22,25-28H2,1-3H3/b24-23+/t30-,32-,33+,34+,35+,36-/m0/s1. The van der Waals surface area contributed by atoms with Gasteiger partial charge >= 0.3 is 11.9 Å². The molecule has 9 heteroatoms. The summed E-state index contributed by atoms with van der Waals surface area (Å²) in [6, 6.07) is 0. The Hall–Kier alpha value is -1.81. The first-order chi connectivity index (χ1) is 22.5. The van der Waals surface area contributed by atoms with Gasteiger partial charge in [-0.15, -0.1) is 0 Å². The Balaban J connectivity index is 2.11. The minimum Gasteiger partial charge on any atom is -0.463 e.